The van der Waals surface area contributed by atoms with Gasteiger partial charge in [-0.1, -0.05) is 32.1 Å². The molecule has 38 heavy (non-hydrogen) atoms. The van der Waals surface area contributed by atoms with E-state index in [1.807, 2.05) is 18.0 Å². The zero-order valence-electron chi connectivity index (χ0n) is 23.9. The van der Waals surface area contributed by atoms with Crippen LogP contribution in [0.25, 0.3) is 0 Å². The van der Waals surface area contributed by atoms with Gasteiger partial charge in [0.25, 0.3) is 0 Å². The minimum Gasteiger partial charge on any atom is -0.401 e. The molecule has 1 saturated heterocycles. The molecule has 2 aliphatic rings. The van der Waals surface area contributed by atoms with Crippen molar-refractivity contribution in [3.63, 3.8) is 0 Å². The largest absolute Gasteiger partial charge is 0.401 e. The molecule has 1 amide bonds. The van der Waals surface area contributed by atoms with Crippen LogP contribution < -0.4 is 22.3 Å². The van der Waals surface area contributed by atoms with Gasteiger partial charge in [-0.3, -0.25) is 15.5 Å². The third-order valence-electron chi connectivity index (χ3n) is 6.45. The number of allylic oxidation sites excluding steroid dienone is 3. The summed E-state index contributed by atoms with van der Waals surface area (Å²) in [5.41, 5.74) is 13.9. The van der Waals surface area contributed by atoms with E-state index in [9.17, 15) is 4.79 Å². The highest BCUT2D eigenvalue weighted by Gasteiger charge is 2.34. The number of anilines is 2. The van der Waals surface area contributed by atoms with Crippen LogP contribution in [0.15, 0.2) is 48.4 Å². The van der Waals surface area contributed by atoms with E-state index in [-0.39, 0.29) is 0 Å². The molecule has 2 atom stereocenters. The normalized spacial score (nSPS) is 19.1. The molecule has 0 radical (unpaired) electrons. The van der Waals surface area contributed by atoms with Crippen LogP contribution in [0.5, 0.6) is 0 Å². The van der Waals surface area contributed by atoms with Crippen LogP contribution in [0.4, 0.5) is 11.6 Å². The van der Waals surface area contributed by atoms with Crippen LogP contribution in [0.1, 0.15) is 62.9 Å². The molecule has 2 aromatic rings. The van der Waals surface area contributed by atoms with Crippen molar-refractivity contribution in [1.29, 1.82) is 0 Å². The second kappa shape index (κ2) is 15.7. The SMILES string of the molecule is C/C(N)=C/NN.C/C=C/CC.Cc1cc(C)cc(Nc2ncc3c(n2)CN(C2CCN(C=O)CC2C)C3)c1. The number of amides is 1. The van der Waals surface area contributed by atoms with Crippen molar-refractivity contribution in [1.82, 2.24) is 25.2 Å². The maximum Gasteiger partial charge on any atom is 0.227 e. The van der Waals surface area contributed by atoms with Crippen molar-refractivity contribution in [2.45, 2.75) is 73.5 Å². The standard InChI is InChI=1S/C21H27N5O.C5H10.C3H9N3/c1-14-6-15(2)8-18(7-14)23-21-22-9-17-11-26(12-19(17)24-21)20-4-5-25(13-27)10-16(20)3;1-3-5-4-2;1-3(4)2-6-5/h6-9,13,16,20H,4-5,10-12H2,1-3H3,(H,22,23,24);3,5H,4H2,1-2H3;2,6H,4-5H2,1H3/b;5-3+;3-2-. The molecule has 2 unspecified atom stereocenters. The summed E-state index contributed by atoms with van der Waals surface area (Å²) in [6.45, 7) is 15.8. The summed E-state index contributed by atoms with van der Waals surface area (Å²) >= 11 is 0. The number of rotatable bonds is 6. The maximum absolute atomic E-state index is 11.0. The quantitative estimate of drug-likeness (QED) is 0.192. The molecule has 1 aromatic carbocycles. The van der Waals surface area contributed by atoms with E-state index in [1.165, 1.54) is 22.9 Å². The number of carbonyl (C=O) groups excluding carboxylic acids is 1. The van der Waals surface area contributed by atoms with E-state index in [0.717, 1.165) is 56.8 Å². The highest BCUT2D eigenvalue weighted by molar-refractivity contribution is 5.56. The second-order valence-corrected chi connectivity index (χ2v) is 10.0. The molecule has 208 valence electrons. The van der Waals surface area contributed by atoms with Gasteiger partial charge in [0.2, 0.25) is 12.4 Å². The molecule has 9 nitrogen and oxygen atoms in total. The van der Waals surface area contributed by atoms with Gasteiger partial charge >= 0.3 is 0 Å². The highest BCUT2D eigenvalue weighted by Crippen LogP contribution is 2.30. The number of nitrogens with one attached hydrogen (secondary N) is 2. The molecule has 0 bridgehead atoms. The molecule has 4 rings (SSSR count). The number of aryl methyl sites for hydroxylation is 2. The van der Waals surface area contributed by atoms with Gasteiger partial charge in [-0.05, 0) is 69.7 Å². The summed E-state index contributed by atoms with van der Waals surface area (Å²) in [4.78, 5) is 24.7. The second-order valence-electron chi connectivity index (χ2n) is 10.0. The van der Waals surface area contributed by atoms with Gasteiger partial charge in [-0.2, -0.15) is 0 Å². The average molecular weight is 523 g/mol. The minimum absolute atomic E-state index is 0.471. The number of carbonyl (C=O) groups is 1. The number of nitrogens with zero attached hydrogens (tertiary/aromatic N) is 4. The van der Waals surface area contributed by atoms with Gasteiger partial charge in [-0.25, -0.2) is 9.97 Å². The number of hydrogen-bond acceptors (Lipinski definition) is 8. The summed E-state index contributed by atoms with van der Waals surface area (Å²) < 4.78 is 0. The number of hydrazine groups is 1. The van der Waals surface area contributed by atoms with Gasteiger partial charge < -0.3 is 21.4 Å². The molecule has 0 aliphatic carbocycles. The van der Waals surface area contributed by atoms with E-state index < -0.39 is 0 Å². The predicted octanol–water partition coefficient (Wildman–Crippen LogP) is 4.26. The van der Waals surface area contributed by atoms with Crippen LogP contribution in [-0.2, 0) is 17.9 Å². The Hall–Kier alpha value is -3.43. The lowest BCUT2D eigenvalue weighted by Gasteiger charge is -2.39. The summed E-state index contributed by atoms with van der Waals surface area (Å²) in [5.74, 6) is 5.95. The highest BCUT2D eigenvalue weighted by atomic mass is 16.1. The van der Waals surface area contributed by atoms with Crippen molar-refractivity contribution < 1.29 is 4.79 Å². The molecule has 3 heterocycles. The Bertz CT molecular complexity index is 1060. The first-order chi connectivity index (χ1) is 18.2. The van der Waals surface area contributed by atoms with Gasteiger partial charge in [0.05, 0.1) is 5.69 Å². The Balaban J connectivity index is 0.000000391. The smallest absolute Gasteiger partial charge is 0.227 e. The van der Waals surface area contributed by atoms with E-state index >= 15 is 0 Å². The molecule has 0 saturated carbocycles. The Morgan fingerprint density at radius 3 is 2.42 bits per heavy atom. The Kier molecular flexibility index (Phi) is 12.8. The Labute approximate surface area is 228 Å². The van der Waals surface area contributed by atoms with Crippen molar-refractivity contribution in [3.05, 3.63) is 70.8 Å². The number of likely N-dealkylation sites (tertiary alicyclic amines) is 1. The first-order valence-corrected chi connectivity index (χ1v) is 13.3. The lowest BCUT2D eigenvalue weighted by atomic mass is 9.93. The third kappa shape index (κ3) is 9.79. The van der Waals surface area contributed by atoms with Crippen molar-refractivity contribution in [3.8, 4) is 0 Å². The molecule has 0 spiro atoms. The van der Waals surface area contributed by atoms with Gasteiger partial charge in [0, 0.05) is 61.6 Å². The molecule has 1 aromatic heterocycles. The lowest BCUT2D eigenvalue weighted by molar-refractivity contribution is -0.120. The number of benzene rings is 1. The van der Waals surface area contributed by atoms with E-state index in [2.05, 4.69) is 78.7 Å². The van der Waals surface area contributed by atoms with Crippen LogP contribution in [0.3, 0.4) is 0 Å². The van der Waals surface area contributed by atoms with Crippen molar-refractivity contribution in [2.75, 3.05) is 18.4 Å². The summed E-state index contributed by atoms with van der Waals surface area (Å²) in [5, 5.41) is 3.35. The average Bonchev–Trinajstić information content (AvgIpc) is 3.27. The summed E-state index contributed by atoms with van der Waals surface area (Å²) in [7, 11) is 0. The zero-order valence-corrected chi connectivity index (χ0v) is 23.9. The molecular weight excluding hydrogens is 476 g/mol. The fourth-order valence-electron chi connectivity index (χ4n) is 4.82. The first-order valence-electron chi connectivity index (χ1n) is 13.3. The fourth-order valence-corrected chi connectivity index (χ4v) is 4.82. The molecular formula is C29H46N8O. The minimum atomic E-state index is 0.471. The Morgan fingerprint density at radius 1 is 1.21 bits per heavy atom. The number of piperidine rings is 1. The predicted molar refractivity (Wildman–Crippen MR) is 156 cm³/mol. The van der Waals surface area contributed by atoms with Crippen LogP contribution in [-0.4, -0.2) is 45.3 Å². The third-order valence-corrected chi connectivity index (χ3v) is 6.45. The molecule has 6 N–H and O–H groups in total. The van der Waals surface area contributed by atoms with Gasteiger partial charge in [0.15, 0.2) is 0 Å². The van der Waals surface area contributed by atoms with Gasteiger partial charge in [0.1, 0.15) is 0 Å². The summed E-state index contributed by atoms with van der Waals surface area (Å²) in [6, 6.07) is 6.87. The molecule has 9 heteroatoms. The number of aromatic nitrogens is 2. The fraction of sp³-hybridized carbons (Fsp3) is 0.483. The van der Waals surface area contributed by atoms with E-state index in [0.29, 0.717) is 23.6 Å². The van der Waals surface area contributed by atoms with Crippen molar-refractivity contribution in [2.24, 2.45) is 17.5 Å². The van der Waals surface area contributed by atoms with E-state index in [1.54, 1.807) is 6.92 Å². The topological polar surface area (TPSA) is 125 Å². The van der Waals surface area contributed by atoms with Crippen LogP contribution in [0, 0.1) is 19.8 Å². The number of hydrogen-bond donors (Lipinski definition) is 4. The summed E-state index contributed by atoms with van der Waals surface area (Å²) in [6.07, 6.45) is 10.8. The van der Waals surface area contributed by atoms with E-state index in [4.69, 9.17) is 16.6 Å². The van der Waals surface area contributed by atoms with Crippen LogP contribution >= 0.6 is 0 Å². The van der Waals surface area contributed by atoms with Crippen LogP contribution in [0.2, 0.25) is 0 Å². The first kappa shape index (κ1) is 30.8. The zero-order chi connectivity index (χ0) is 28.1. The number of fused-ring (bicyclic) bond motifs is 1. The maximum atomic E-state index is 11.0. The lowest BCUT2D eigenvalue weighted by Crippen LogP contribution is -2.48. The molecule has 1 fully saturated rings. The van der Waals surface area contributed by atoms with Gasteiger partial charge in [-0.15, -0.1) is 0 Å². The monoisotopic (exact) mass is 522 g/mol. The number of nitrogens with two attached hydrogens (primary N) is 2. The Morgan fingerprint density at radius 2 is 1.92 bits per heavy atom. The van der Waals surface area contributed by atoms with Crippen molar-refractivity contribution >= 4 is 18.0 Å². The molecule has 2 aliphatic heterocycles.